The van der Waals surface area contributed by atoms with Crippen molar-refractivity contribution in [2.45, 2.75) is 45.1 Å². The molecule has 1 atom stereocenters. The number of hydrogen-bond acceptors (Lipinski definition) is 5. The van der Waals surface area contributed by atoms with Crippen molar-refractivity contribution in [3.05, 3.63) is 23.5 Å². The van der Waals surface area contributed by atoms with E-state index in [2.05, 4.69) is 17.9 Å². The van der Waals surface area contributed by atoms with E-state index >= 15 is 4.39 Å². The predicted molar refractivity (Wildman–Crippen MR) is 127 cm³/mol. The lowest BCUT2D eigenvalue weighted by Gasteiger charge is -2.38. The van der Waals surface area contributed by atoms with Crippen LogP contribution in [0.25, 0.3) is 0 Å². The molecule has 0 unspecified atom stereocenters. The number of halogens is 1. The highest BCUT2D eigenvalue weighted by molar-refractivity contribution is 7.96. The Morgan fingerprint density at radius 3 is 2.45 bits per heavy atom. The molecule has 1 aliphatic carbocycles. The lowest BCUT2D eigenvalue weighted by Crippen LogP contribution is -2.50. The minimum absolute atomic E-state index is 0.147. The van der Waals surface area contributed by atoms with Crippen LogP contribution in [0.4, 0.5) is 25.4 Å². The van der Waals surface area contributed by atoms with Crippen molar-refractivity contribution in [1.29, 1.82) is 0 Å². The second-order valence-corrected chi connectivity index (χ2v) is 9.40. The Morgan fingerprint density at radius 2 is 1.79 bits per heavy atom. The fraction of sp³-hybridized carbons (Fsp3) is 0.609. The summed E-state index contributed by atoms with van der Waals surface area (Å²) in [5.41, 5.74) is 1.29. The molecule has 1 saturated carbocycles. The zero-order valence-electron chi connectivity index (χ0n) is 18.9. The molecule has 180 valence electrons. The van der Waals surface area contributed by atoms with Crippen LogP contribution in [0, 0.1) is 18.7 Å². The zero-order valence-corrected chi connectivity index (χ0v) is 19.8. The van der Waals surface area contributed by atoms with E-state index in [0.29, 0.717) is 43.1 Å². The Hall–Kier alpha value is -2.49. The number of cyclic esters (lactones) is 1. The van der Waals surface area contributed by atoms with Gasteiger partial charge in [0.2, 0.25) is 5.91 Å². The van der Waals surface area contributed by atoms with Crippen LogP contribution >= 0.6 is 12.6 Å². The quantitative estimate of drug-likeness (QED) is 0.635. The van der Waals surface area contributed by atoms with Gasteiger partial charge in [0.15, 0.2) is 5.82 Å². The van der Waals surface area contributed by atoms with Crippen molar-refractivity contribution >= 4 is 41.2 Å². The summed E-state index contributed by atoms with van der Waals surface area (Å²) in [6.45, 7) is 4.34. The second kappa shape index (κ2) is 10.2. The third kappa shape index (κ3) is 5.20. The first-order chi connectivity index (χ1) is 15.8. The Labute approximate surface area is 198 Å². The first-order valence-corrected chi connectivity index (χ1v) is 12.1. The number of carbonyl (C=O) groups is 3. The molecule has 2 heterocycles. The molecule has 1 N–H and O–H groups in total. The zero-order chi connectivity index (χ0) is 23.5. The molecule has 3 fully saturated rings. The Balaban J connectivity index is 1.39. The third-order valence-electron chi connectivity index (χ3n) is 6.87. The summed E-state index contributed by atoms with van der Waals surface area (Å²) in [7, 11) is 0. The molecule has 1 aromatic rings. The Morgan fingerprint density at radius 1 is 1.12 bits per heavy atom. The number of nitrogens with one attached hydrogen (secondary N) is 1. The van der Waals surface area contributed by atoms with E-state index in [-0.39, 0.29) is 30.7 Å². The van der Waals surface area contributed by atoms with E-state index < -0.39 is 17.4 Å². The number of ether oxygens (including phenoxy) is 1. The van der Waals surface area contributed by atoms with Crippen molar-refractivity contribution < 1.29 is 23.5 Å². The molecule has 10 heteroatoms. The number of benzene rings is 1. The first-order valence-electron chi connectivity index (χ1n) is 11.6. The van der Waals surface area contributed by atoms with Gasteiger partial charge in [0, 0.05) is 37.7 Å². The van der Waals surface area contributed by atoms with E-state index in [0.717, 1.165) is 25.7 Å². The van der Waals surface area contributed by atoms with E-state index in [1.165, 1.54) is 11.3 Å². The molecule has 1 aromatic carbocycles. The van der Waals surface area contributed by atoms with Crippen LogP contribution in [-0.4, -0.2) is 67.5 Å². The van der Waals surface area contributed by atoms with E-state index in [1.807, 2.05) is 9.80 Å². The fourth-order valence-electron chi connectivity index (χ4n) is 5.00. The molecule has 8 nitrogen and oxygen atoms in total. The molecule has 0 bridgehead atoms. The van der Waals surface area contributed by atoms with Gasteiger partial charge in [0.25, 0.3) is 5.24 Å². The number of thiol groups is 1. The van der Waals surface area contributed by atoms with Gasteiger partial charge in [-0.2, -0.15) is 0 Å². The molecule has 0 spiro atoms. The normalized spacial score (nSPS) is 21.8. The van der Waals surface area contributed by atoms with Gasteiger partial charge in [-0.15, -0.1) is 0 Å². The van der Waals surface area contributed by atoms with Crippen molar-refractivity contribution in [1.82, 2.24) is 10.2 Å². The largest absolute Gasteiger partial charge is 0.442 e. The van der Waals surface area contributed by atoms with Gasteiger partial charge < -0.3 is 19.9 Å². The molecule has 4 rings (SSSR count). The highest BCUT2D eigenvalue weighted by Gasteiger charge is 2.35. The lowest BCUT2D eigenvalue weighted by atomic mass is 9.88. The molecule has 2 aliphatic heterocycles. The summed E-state index contributed by atoms with van der Waals surface area (Å²) in [6, 6.07) is 3.42. The fourth-order valence-corrected chi connectivity index (χ4v) is 5.09. The second-order valence-electron chi connectivity index (χ2n) is 8.99. The number of nitrogens with zero attached hydrogens (tertiary/aromatic N) is 3. The smallest absolute Gasteiger partial charge is 0.414 e. The van der Waals surface area contributed by atoms with E-state index in [4.69, 9.17) is 4.74 Å². The van der Waals surface area contributed by atoms with Gasteiger partial charge in [-0.05, 0) is 31.9 Å². The van der Waals surface area contributed by atoms with Crippen LogP contribution in [-0.2, 0) is 9.53 Å². The van der Waals surface area contributed by atoms with Crippen LogP contribution in [0.2, 0.25) is 0 Å². The van der Waals surface area contributed by atoms with Gasteiger partial charge >= 0.3 is 6.09 Å². The van der Waals surface area contributed by atoms with Crippen molar-refractivity contribution in [3.63, 3.8) is 0 Å². The molecule has 2 saturated heterocycles. The highest BCUT2D eigenvalue weighted by Crippen LogP contribution is 2.33. The summed E-state index contributed by atoms with van der Waals surface area (Å²) in [4.78, 5) is 41.4. The number of piperazine rings is 1. The topological polar surface area (TPSA) is 82.2 Å². The van der Waals surface area contributed by atoms with Crippen LogP contribution < -0.4 is 15.1 Å². The summed E-state index contributed by atoms with van der Waals surface area (Å²) in [5.74, 6) is 0.0192. The maximum absolute atomic E-state index is 15.4. The number of amides is 3. The van der Waals surface area contributed by atoms with Crippen LogP contribution in [0.3, 0.4) is 0 Å². The Bertz CT molecular complexity index is 916. The monoisotopic (exact) mass is 478 g/mol. The maximum Gasteiger partial charge on any atom is 0.414 e. The number of carbonyl (C=O) groups excluding carboxylic acids is 3. The standard InChI is InChI=1S/C23H31FN4O4S/c1-15-18(28-14-17(32-23(28)31)13-25-22(30)33)7-8-19(20(15)24)26-9-11-27(12-10-26)21(29)16-5-3-2-4-6-16/h7-8,16-17H,2-6,9-14H2,1H3,(H2,25,30,33)/t17-/m0/s1. The van der Waals surface area contributed by atoms with Crippen molar-refractivity contribution in [3.8, 4) is 0 Å². The lowest BCUT2D eigenvalue weighted by molar-refractivity contribution is -0.136. The molecule has 0 radical (unpaired) electrons. The molecular weight excluding hydrogens is 447 g/mol. The van der Waals surface area contributed by atoms with Gasteiger partial charge in [-0.25, -0.2) is 9.18 Å². The summed E-state index contributed by atoms with van der Waals surface area (Å²) < 4.78 is 20.6. The van der Waals surface area contributed by atoms with Crippen LogP contribution in [0.15, 0.2) is 12.1 Å². The van der Waals surface area contributed by atoms with Gasteiger partial charge in [-0.3, -0.25) is 14.5 Å². The summed E-state index contributed by atoms with van der Waals surface area (Å²) in [5, 5.41) is 2.00. The molecule has 33 heavy (non-hydrogen) atoms. The van der Waals surface area contributed by atoms with E-state index in [9.17, 15) is 14.4 Å². The Kier molecular flexibility index (Phi) is 7.31. The average molecular weight is 479 g/mol. The summed E-state index contributed by atoms with van der Waals surface area (Å²) >= 11 is 3.64. The molecule has 3 amide bonds. The highest BCUT2D eigenvalue weighted by atomic mass is 32.1. The minimum atomic E-state index is -0.571. The number of hydrogen-bond donors (Lipinski definition) is 2. The summed E-state index contributed by atoms with van der Waals surface area (Å²) in [6.07, 6.45) is 4.34. The third-order valence-corrected chi connectivity index (χ3v) is 7.03. The van der Waals surface area contributed by atoms with Crippen molar-refractivity contribution in [2.24, 2.45) is 5.92 Å². The van der Waals surface area contributed by atoms with Crippen molar-refractivity contribution in [2.75, 3.05) is 49.1 Å². The molecule has 0 aromatic heterocycles. The predicted octanol–water partition coefficient (Wildman–Crippen LogP) is 3.33. The average Bonchev–Trinajstić information content (AvgIpc) is 3.20. The van der Waals surface area contributed by atoms with Gasteiger partial charge in [0.05, 0.1) is 24.5 Å². The van der Waals surface area contributed by atoms with E-state index in [1.54, 1.807) is 19.1 Å². The van der Waals surface area contributed by atoms with Crippen LogP contribution in [0.1, 0.15) is 37.7 Å². The molecular formula is C23H31FN4O4S. The van der Waals surface area contributed by atoms with Gasteiger partial charge in [-0.1, -0.05) is 31.9 Å². The first kappa shape index (κ1) is 23.7. The SMILES string of the molecule is Cc1c(N2C[C@H](CNC(=O)S)OC2=O)ccc(N2CCN(C(=O)C3CCCCC3)CC2)c1F. The number of rotatable bonds is 5. The minimum Gasteiger partial charge on any atom is -0.442 e. The van der Waals surface area contributed by atoms with Gasteiger partial charge in [0.1, 0.15) is 6.10 Å². The van der Waals surface area contributed by atoms with Crippen LogP contribution in [0.5, 0.6) is 0 Å². The number of anilines is 2. The maximum atomic E-state index is 15.4. The molecule has 3 aliphatic rings.